The number of carbonyl (C=O) groups excluding carboxylic acids is 1. The maximum atomic E-state index is 13.4. The fourth-order valence-corrected chi connectivity index (χ4v) is 2.71. The first-order chi connectivity index (χ1) is 9.77. The minimum absolute atomic E-state index is 0.667. The monoisotopic (exact) mass is 299 g/mol. The fourth-order valence-electron chi connectivity index (χ4n) is 2.71. The predicted molar refractivity (Wildman–Crippen MR) is 75.1 cm³/mol. The Morgan fingerprint density at radius 3 is 2.43 bits per heavy atom. The van der Waals surface area contributed by atoms with Crippen molar-refractivity contribution in [3.63, 3.8) is 0 Å². The van der Waals surface area contributed by atoms with Crippen molar-refractivity contribution in [3.05, 3.63) is 29.8 Å². The van der Waals surface area contributed by atoms with E-state index in [2.05, 4.69) is 0 Å². The summed E-state index contributed by atoms with van der Waals surface area (Å²) in [6.07, 6.45) is -3.94. The van der Waals surface area contributed by atoms with Crippen molar-refractivity contribution in [1.82, 2.24) is 4.90 Å². The number of amides is 1. The largest absolute Gasteiger partial charge is 0.346 e. The lowest BCUT2D eigenvalue weighted by Gasteiger charge is -2.32. The first kappa shape index (κ1) is 15.9. The summed E-state index contributed by atoms with van der Waals surface area (Å²) in [5.74, 6) is -1.41. The predicted octanol–water partition coefficient (Wildman–Crippen LogP) is 1.18. The summed E-state index contributed by atoms with van der Waals surface area (Å²) in [6.45, 7) is 2.04. The normalized spacial score (nSPS) is 24.6. The van der Waals surface area contributed by atoms with Gasteiger partial charge in [0.15, 0.2) is 0 Å². The molecule has 1 aromatic rings. The summed E-state index contributed by atoms with van der Waals surface area (Å²) in [5, 5.41) is 0. The van der Waals surface area contributed by atoms with Gasteiger partial charge in [-0.25, -0.2) is 4.39 Å². The molecule has 0 radical (unpaired) electrons. The van der Waals surface area contributed by atoms with Gasteiger partial charge in [0, 0.05) is 0 Å². The summed E-state index contributed by atoms with van der Waals surface area (Å²) in [4.78, 5) is 12.5. The summed E-state index contributed by atoms with van der Waals surface area (Å²) in [7, 11) is 1.91. The van der Waals surface area contributed by atoms with Gasteiger partial charge in [0.25, 0.3) is 5.91 Å². The molecular weight excluding hydrogens is 282 g/mol. The van der Waals surface area contributed by atoms with Crippen LogP contribution in [0.5, 0.6) is 0 Å². The quantitative estimate of drug-likeness (QED) is 0.785. The molecule has 2 atom stereocenters. The lowest BCUT2D eigenvalue weighted by Crippen LogP contribution is -2.51. The molecule has 1 aromatic carbocycles. The Bertz CT molecular complexity index is 521. The van der Waals surface area contributed by atoms with E-state index in [0.717, 1.165) is 10.4 Å². The van der Waals surface area contributed by atoms with Crippen molar-refractivity contribution >= 4 is 19.2 Å². The average molecular weight is 299 g/mol. The SMILES string of the molecule is Bc1ccc([C@H]2OC(C)(C)N(C(=O)C(F)F)[C@@H]2CF)cc1. The van der Waals surface area contributed by atoms with E-state index in [-0.39, 0.29) is 0 Å². The molecule has 2 rings (SSSR count). The van der Waals surface area contributed by atoms with E-state index >= 15 is 0 Å². The number of ether oxygens (including phenoxy) is 1. The van der Waals surface area contributed by atoms with Gasteiger partial charge in [-0.05, 0) is 19.4 Å². The van der Waals surface area contributed by atoms with Crippen LogP contribution in [0.15, 0.2) is 24.3 Å². The van der Waals surface area contributed by atoms with E-state index in [0.29, 0.717) is 5.56 Å². The van der Waals surface area contributed by atoms with E-state index in [1.807, 2.05) is 20.0 Å². The number of alkyl halides is 3. The van der Waals surface area contributed by atoms with Gasteiger partial charge >= 0.3 is 6.43 Å². The minimum Gasteiger partial charge on any atom is -0.346 e. The van der Waals surface area contributed by atoms with E-state index < -0.39 is 36.9 Å². The first-order valence-corrected chi connectivity index (χ1v) is 6.69. The third-order valence-electron chi connectivity index (χ3n) is 3.66. The third-order valence-corrected chi connectivity index (χ3v) is 3.66. The van der Waals surface area contributed by atoms with Gasteiger partial charge in [-0.15, -0.1) is 0 Å². The molecule has 0 saturated carbocycles. The van der Waals surface area contributed by atoms with Crippen LogP contribution < -0.4 is 5.46 Å². The number of carbonyl (C=O) groups is 1. The fraction of sp³-hybridized carbons (Fsp3) is 0.500. The molecule has 1 fully saturated rings. The number of halogens is 3. The van der Waals surface area contributed by atoms with Gasteiger partial charge in [-0.3, -0.25) is 4.79 Å². The van der Waals surface area contributed by atoms with Crippen molar-refractivity contribution in [2.24, 2.45) is 0 Å². The van der Waals surface area contributed by atoms with E-state index in [4.69, 9.17) is 4.74 Å². The highest BCUT2D eigenvalue weighted by Crippen LogP contribution is 2.41. The van der Waals surface area contributed by atoms with Crippen LogP contribution in [0.25, 0.3) is 0 Å². The van der Waals surface area contributed by atoms with Crippen LogP contribution in [-0.4, -0.2) is 43.5 Å². The number of hydrogen-bond acceptors (Lipinski definition) is 2. The molecule has 0 aromatic heterocycles. The zero-order valence-corrected chi connectivity index (χ0v) is 12.1. The van der Waals surface area contributed by atoms with Gasteiger partial charge in [-0.1, -0.05) is 29.7 Å². The average Bonchev–Trinajstić information content (AvgIpc) is 2.69. The molecule has 1 aliphatic rings. The molecule has 1 aliphatic heterocycles. The highest BCUT2D eigenvalue weighted by atomic mass is 19.3. The van der Waals surface area contributed by atoms with E-state index in [1.54, 1.807) is 12.1 Å². The number of hydrogen-bond donors (Lipinski definition) is 0. The Morgan fingerprint density at radius 2 is 1.95 bits per heavy atom. The first-order valence-electron chi connectivity index (χ1n) is 6.69. The maximum absolute atomic E-state index is 13.4. The Balaban J connectivity index is 2.37. The summed E-state index contributed by atoms with van der Waals surface area (Å²) >= 11 is 0. The number of nitrogens with zero attached hydrogens (tertiary/aromatic N) is 1. The standard InChI is InChI=1S/C14H17BF3NO2/c1-14(2)19(13(20)12(17)18)10(7-16)11(21-14)8-3-5-9(15)6-4-8/h3-6,10-12H,7,15H2,1-2H3/t10-,11-/m1/s1. The highest BCUT2D eigenvalue weighted by molar-refractivity contribution is 6.32. The van der Waals surface area contributed by atoms with Gasteiger partial charge in [0.2, 0.25) is 0 Å². The van der Waals surface area contributed by atoms with Crippen molar-refractivity contribution in [2.45, 2.75) is 38.1 Å². The van der Waals surface area contributed by atoms with Crippen LogP contribution in [-0.2, 0) is 9.53 Å². The lowest BCUT2D eigenvalue weighted by molar-refractivity contribution is -0.159. The molecule has 1 saturated heterocycles. The maximum Gasteiger partial charge on any atom is 0.315 e. The Kier molecular flexibility index (Phi) is 4.32. The molecule has 0 spiro atoms. The van der Waals surface area contributed by atoms with Gasteiger partial charge in [0.05, 0.1) is 6.04 Å². The number of rotatable bonds is 3. The molecule has 0 unspecified atom stereocenters. The lowest BCUT2D eigenvalue weighted by atomic mass is 9.93. The molecule has 114 valence electrons. The van der Waals surface area contributed by atoms with E-state index in [9.17, 15) is 18.0 Å². The molecule has 0 N–H and O–H groups in total. The van der Waals surface area contributed by atoms with Crippen LogP contribution in [0.1, 0.15) is 25.5 Å². The van der Waals surface area contributed by atoms with Crippen molar-refractivity contribution in [1.29, 1.82) is 0 Å². The molecule has 7 heteroatoms. The van der Waals surface area contributed by atoms with Crippen LogP contribution in [0.2, 0.25) is 0 Å². The smallest absolute Gasteiger partial charge is 0.315 e. The van der Waals surface area contributed by atoms with Crippen LogP contribution >= 0.6 is 0 Å². The molecular formula is C14H17BF3NO2. The zero-order valence-electron chi connectivity index (χ0n) is 12.1. The second-order valence-corrected chi connectivity index (χ2v) is 5.63. The third kappa shape index (κ3) is 2.93. The molecule has 3 nitrogen and oxygen atoms in total. The van der Waals surface area contributed by atoms with Crippen LogP contribution in [0, 0.1) is 0 Å². The van der Waals surface area contributed by atoms with Crippen LogP contribution in [0.3, 0.4) is 0 Å². The van der Waals surface area contributed by atoms with E-state index in [1.165, 1.54) is 13.8 Å². The second-order valence-electron chi connectivity index (χ2n) is 5.63. The topological polar surface area (TPSA) is 29.5 Å². The second kappa shape index (κ2) is 5.71. The molecule has 1 amide bonds. The molecule has 0 aliphatic carbocycles. The Labute approximate surface area is 122 Å². The summed E-state index contributed by atoms with van der Waals surface area (Å²) in [6, 6.07) is 6.13. The van der Waals surface area contributed by atoms with Gasteiger partial charge in [0.1, 0.15) is 26.3 Å². The molecule has 0 bridgehead atoms. The minimum atomic E-state index is -3.18. The van der Waals surface area contributed by atoms with Gasteiger partial charge in [-0.2, -0.15) is 8.78 Å². The summed E-state index contributed by atoms with van der Waals surface area (Å²) < 4.78 is 44.6. The van der Waals surface area contributed by atoms with Crippen LogP contribution in [0.4, 0.5) is 13.2 Å². The Hall–Kier alpha value is -1.50. The zero-order chi connectivity index (χ0) is 15.8. The van der Waals surface area contributed by atoms with Crippen molar-refractivity contribution in [2.75, 3.05) is 6.67 Å². The molecule has 21 heavy (non-hydrogen) atoms. The van der Waals surface area contributed by atoms with Gasteiger partial charge < -0.3 is 9.64 Å². The van der Waals surface area contributed by atoms with Crippen molar-refractivity contribution in [3.8, 4) is 0 Å². The number of benzene rings is 1. The molecule has 1 heterocycles. The Morgan fingerprint density at radius 1 is 1.38 bits per heavy atom. The summed E-state index contributed by atoms with van der Waals surface area (Å²) in [5.41, 5.74) is 0.411. The van der Waals surface area contributed by atoms with Crippen molar-refractivity contribution < 1.29 is 22.7 Å². The highest BCUT2D eigenvalue weighted by Gasteiger charge is 2.51.